The third kappa shape index (κ3) is 2.25. The summed E-state index contributed by atoms with van der Waals surface area (Å²) in [4.78, 5) is 12.2. The molecule has 0 aliphatic heterocycles. The van der Waals surface area contributed by atoms with Crippen molar-refractivity contribution < 1.29 is 4.79 Å². The fourth-order valence-electron chi connectivity index (χ4n) is 2.77. The molecule has 2 aromatic rings. The minimum atomic E-state index is -0.773. The third-order valence-corrected chi connectivity index (χ3v) is 3.76. The standard InChI is InChI=1S/C18H19NO/c1-3-12-18(13-4-2,17(19)20)16-11-7-9-14-8-5-6-10-15(14)16/h3-11H,1-2,12-13H2,(H2,19,20). The number of carbonyl (C=O) groups is 1. The van der Waals surface area contributed by atoms with Crippen molar-refractivity contribution in [2.45, 2.75) is 18.3 Å². The number of fused-ring (bicyclic) bond motifs is 1. The molecule has 0 aliphatic rings. The first-order chi connectivity index (χ1) is 9.65. The van der Waals surface area contributed by atoms with E-state index in [1.165, 1.54) is 0 Å². The summed E-state index contributed by atoms with van der Waals surface area (Å²) in [6.07, 6.45) is 4.50. The zero-order valence-electron chi connectivity index (χ0n) is 11.5. The van der Waals surface area contributed by atoms with Crippen LogP contribution < -0.4 is 5.73 Å². The highest BCUT2D eigenvalue weighted by molar-refractivity contribution is 5.95. The van der Waals surface area contributed by atoms with Gasteiger partial charge in [-0.15, -0.1) is 13.2 Å². The largest absolute Gasteiger partial charge is 0.369 e. The molecule has 0 saturated carbocycles. The van der Waals surface area contributed by atoms with Gasteiger partial charge in [0.2, 0.25) is 5.91 Å². The van der Waals surface area contributed by atoms with Gasteiger partial charge in [-0.1, -0.05) is 54.6 Å². The molecule has 2 aromatic carbocycles. The molecule has 2 rings (SSSR count). The predicted molar refractivity (Wildman–Crippen MR) is 84.4 cm³/mol. The summed E-state index contributed by atoms with van der Waals surface area (Å²) in [5.41, 5.74) is 5.91. The quantitative estimate of drug-likeness (QED) is 0.795. The van der Waals surface area contributed by atoms with Crippen LogP contribution in [0.3, 0.4) is 0 Å². The van der Waals surface area contributed by atoms with E-state index in [0.29, 0.717) is 12.8 Å². The lowest BCUT2D eigenvalue weighted by molar-refractivity contribution is -0.123. The molecule has 0 atom stereocenters. The monoisotopic (exact) mass is 265 g/mol. The van der Waals surface area contributed by atoms with Crippen molar-refractivity contribution in [3.8, 4) is 0 Å². The molecule has 2 heteroatoms. The number of hydrogen-bond acceptors (Lipinski definition) is 1. The number of benzene rings is 2. The van der Waals surface area contributed by atoms with E-state index in [1.807, 2.05) is 42.5 Å². The zero-order valence-corrected chi connectivity index (χ0v) is 11.5. The Morgan fingerprint density at radius 3 is 2.25 bits per heavy atom. The van der Waals surface area contributed by atoms with E-state index in [-0.39, 0.29) is 5.91 Å². The molecule has 102 valence electrons. The van der Waals surface area contributed by atoms with Crippen molar-refractivity contribution >= 4 is 16.7 Å². The first-order valence-electron chi connectivity index (χ1n) is 6.65. The number of primary amides is 1. The van der Waals surface area contributed by atoms with Crippen LogP contribution in [0, 0.1) is 0 Å². The van der Waals surface area contributed by atoms with Gasteiger partial charge in [0, 0.05) is 0 Å². The molecule has 0 heterocycles. The van der Waals surface area contributed by atoms with Crippen LogP contribution in [-0.4, -0.2) is 5.91 Å². The zero-order chi connectivity index (χ0) is 14.6. The van der Waals surface area contributed by atoms with Crippen LogP contribution in [0.25, 0.3) is 10.8 Å². The molecule has 2 nitrogen and oxygen atoms in total. The Morgan fingerprint density at radius 1 is 1.05 bits per heavy atom. The van der Waals surface area contributed by atoms with Crippen molar-refractivity contribution in [1.82, 2.24) is 0 Å². The van der Waals surface area contributed by atoms with Crippen LogP contribution >= 0.6 is 0 Å². The first-order valence-corrected chi connectivity index (χ1v) is 6.65. The minimum absolute atomic E-state index is 0.339. The molecule has 0 aliphatic carbocycles. The van der Waals surface area contributed by atoms with Crippen molar-refractivity contribution in [1.29, 1.82) is 0 Å². The van der Waals surface area contributed by atoms with E-state index in [1.54, 1.807) is 12.2 Å². The van der Waals surface area contributed by atoms with Crippen LogP contribution in [0.4, 0.5) is 0 Å². The Balaban J connectivity index is 2.76. The predicted octanol–water partition coefficient (Wildman–Crippen LogP) is 3.72. The van der Waals surface area contributed by atoms with Crippen molar-refractivity contribution in [3.63, 3.8) is 0 Å². The molecule has 1 amide bonds. The highest BCUT2D eigenvalue weighted by Crippen LogP contribution is 2.37. The second-order valence-electron chi connectivity index (χ2n) is 4.96. The van der Waals surface area contributed by atoms with Crippen LogP contribution in [0.5, 0.6) is 0 Å². The van der Waals surface area contributed by atoms with Crippen LogP contribution in [0.15, 0.2) is 67.8 Å². The van der Waals surface area contributed by atoms with Gasteiger partial charge in [-0.05, 0) is 29.2 Å². The average Bonchev–Trinajstić information content (AvgIpc) is 2.46. The Hall–Kier alpha value is -2.35. The summed E-state index contributed by atoms with van der Waals surface area (Å²) in [6, 6.07) is 14.0. The van der Waals surface area contributed by atoms with E-state index in [0.717, 1.165) is 16.3 Å². The molecular weight excluding hydrogens is 246 g/mol. The third-order valence-electron chi connectivity index (χ3n) is 3.76. The Kier molecular flexibility index (Phi) is 4.04. The fraction of sp³-hybridized carbons (Fsp3) is 0.167. The molecule has 0 saturated heterocycles. The normalized spacial score (nSPS) is 11.2. The molecule has 0 bridgehead atoms. The SMILES string of the molecule is C=CCC(CC=C)(C(N)=O)c1cccc2ccccc12. The number of amides is 1. The molecule has 20 heavy (non-hydrogen) atoms. The van der Waals surface area contributed by atoms with Gasteiger partial charge in [0.1, 0.15) is 0 Å². The Morgan fingerprint density at radius 2 is 1.65 bits per heavy atom. The summed E-state index contributed by atoms with van der Waals surface area (Å²) >= 11 is 0. The molecular formula is C18H19NO. The van der Waals surface area contributed by atoms with E-state index < -0.39 is 5.41 Å². The molecule has 0 aromatic heterocycles. The van der Waals surface area contributed by atoms with Crippen molar-refractivity contribution in [3.05, 3.63) is 73.3 Å². The maximum Gasteiger partial charge on any atom is 0.228 e. The van der Waals surface area contributed by atoms with E-state index in [2.05, 4.69) is 13.2 Å². The molecule has 2 N–H and O–H groups in total. The number of carbonyl (C=O) groups excluding carboxylic acids is 1. The van der Waals surface area contributed by atoms with Gasteiger partial charge >= 0.3 is 0 Å². The summed E-state index contributed by atoms with van der Waals surface area (Å²) in [5.74, 6) is -0.339. The Labute approximate surface area is 119 Å². The number of allylic oxidation sites excluding steroid dienone is 2. The lowest BCUT2D eigenvalue weighted by Crippen LogP contribution is -2.40. The number of rotatable bonds is 6. The van der Waals surface area contributed by atoms with Crippen LogP contribution in [0.2, 0.25) is 0 Å². The van der Waals surface area contributed by atoms with Gasteiger partial charge in [0.15, 0.2) is 0 Å². The molecule has 0 fully saturated rings. The summed E-state index contributed by atoms with van der Waals surface area (Å²) < 4.78 is 0. The van der Waals surface area contributed by atoms with E-state index >= 15 is 0 Å². The highest BCUT2D eigenvalue weighted by atomic mass is 16.1. The molecule has 0 spiro atoms. The van der Waals surface area contributed by atoms with Gasteiger partial charge in [-0.3, -0.25) is 4.79 Å². The van der Waals surface area contributed by atoms with Gasteiger partial charge in [-0.25, -0.2) is 0 Å². The molecule has 0 radical (unpaired) electrons. The topological polar surface area (TPSA) is 43.1 Å². The summed E-state index contributed by atoms with van der Waals surface area (Å²) in [5, 5.41) is 2.15. The highest BCUT2D eigenvalue weighted by Gasteiger charge is 2.37. The average molecular weight is 265 g/mol. The van der Waals surface area contributed by atoms with E-state index in [4.69, 9.17) is 5.73 Å². The second kappa shape index (κ2) is 5.74. The minimum Gasteiger partial charge on any atom is -0.369 e. The van der Waals surface area contributed by atoms with Gasteiger partial charge in [0.25, 0.3) is 0 Å². The van der Waals surface area contributed by atoms with Crippen LogP contribution in [0.1, 0.15) is 18.4 Å². The van der Waals surface area contributed by atoms with Crippen molar-refractivity contribution in [2.75, 3.05) is 0 Å². The second-order valence-corrected chi connectivity index (χ2v) is 4.96. The lowest BCUT2D eigenvalue weighted by Gasteiger charge is -2.30. The van der Waals surface area contributed by atoms with Crippen LogP contribution in [-0.2, 0) is 10.2 Å². The fourth-order valence-corrected chi connectivity index (χ4v) is 2.77. The summed E-state index contributed by atoms with van der Waals surface area (Å²) in [6.45, 7) is 7.55. The van der Waals surface area contributed by atoms with Gasteiger partial charge in [-0.2, -0.15) is 0 Å². The maximum atomic E-state index is 12.2. The lowest BCUT2D eigenvalue weighted by atomic mass is 9.72. The van der Waals surface area contributed by atoms with Gasteiger partial charge in [0.05, 0.1) is 5.41 Å². The number of hydrogen-bond donors (Lipinski definition) is 1. The van der Waals surface area contributed by atoms with Gasteiger partial charge < -0.3 is 5.73 Å². The Bertz CT molecular complexity index is 642. The smallest absolute Gasteiger partial charge is 0.228 e. The number of nitrogens with two attached hydrogens (primary N) is 1. The summed E-state index contributed by atoms with van der Waals surface area (Å²) in [7, 11) is 0. The maximum absolute atomic E-state index is 12.2. The van der Waals surface area contributed by atoms with Crippen molar-refractivity contribution in [2.24, 2.45) is 5.73 Å². The van der Waals surface area contributed by atoms with E-state index in [9.17, 15) is 4.79 Å². The molecule has 0 unspecified atom stereocenters. The first kappa shape index (κ1) is 14.1.